The van der Waals surface area contributed by atoms with Gasteiger partial charge in [0.05, 0.1) is 13.2 Å². The second-order valence-electron chi connectivity index (χ2n) is 4.65. The lowest BCUT2D eigenvalue weighted by atomic mass is 10.1. The lowest BCUT2D eigenvalue weighted by Crippen LogP contribution is -2.47. The summed E-state index contributed by atoms with van der Waals surface area (Å²) in [4.78, 5) is 23.6. The number of carbonyl (C=O) groups excluding carboxylic acids is 1. The van der Waals surface area contributed by atoms with Crippen LogP contribution < -0.4 is 26.5 Å². The predicted molar refractivity (Wildman–Crippen MR) is 84.6 cm³/mol. The van der Waals surface area contributed by atoms with E-state index in [2.05, 4.69) is 5.32 Å². The molecule has 0 unspecified atom stereocenters. The number of anilines is 1. The molecule has 23 heavy (non-hydrogen) atoms. The molecule has 0 aliphatic carbocycles. The van der Waals surface area contributed by atoms with Crippen molar-refractivity contribution >= 4 is 17.6 Å². The number of para-hydroxylation sites is 2. The van der Waals surface area contributed by atoms with Gasteiger partial charge in [-0.2, -0.15) is 0 Å². The first kappa shape index (κ1) is 18.2. The van der Waals surface area contributed by atoms with Crippen LogP contribution in [0.25, 0.3) is 0 Å². The third kappa shape index (κ3) is 5.11. The minimum atomic E-state index is -1.06. The van der Waals surface area contributed by atoms with E-state index in [1.807, 2.05) is 0 Å². The SMILES string of the molecule is COc1ccccc1N(C(=O)[C@@H](N)CCCNC(=N)N)[N+](=O)[O-]. The fourth-order valence-electron chi connectivity index (χ4n) is 1.92. The van der Waals surface area contributed by atoms with Gasteiger partial charge in [-0.3, -0.25) is 10.2 Å². The van der Waals surface area contributed by atoms with E-state index in [1.165, 1.54) is 19.2 Å². The first-order chi connectivity index (χ1) is 10.9. The van der Waals surface area contributed by atoms with Crippen LogP contribution in [0.5, 0.6) is 5.75 Å². The molecule has 10 heteroatoms. The summed E-state index contributed by atoms with van der Waals surface area (Å²) in [5.74, 6) is -0.837. The van der Waals surface area contributed by atoms with Gasteiger partial charge in [0.15, 0.2) is 16.7 Å². The molecule has 0 saturated carbocycles. The fourth-order valence-corrected chi connectivity index (χ4v) is 1.92. The van der Waals surface area contributed by atoms with Crippen molar-refractivity contribution in [2.45, 2.75) is 18.9 Å². The molecule has 126 valence electrons. The van der Waals surface area contributed by atoms with Crippen LogP contribution in [-0.4, -0.2) is 36.6 Å². The number of nitrogens with zero attached hydrogens (tertiary/aromatic N) is 2. The lowest BCUT2D eigenvalue weighted by molar-refractivity contribution is -0.484. The van der Waals surface area contributed by atoms with Crippen molar-refractivity contribution in [3.05, 3.63) is 34.4 Å². The molecule has 0 radical (unpaired) electrons. The van der Waals surface area contributed by atoms with Crippen LogP contribution in [0.4, 0.5) is 5.69 Å². The Morgan fingerprint density at radius 3 is 2.74 bits per heavy atom. The largest absolute Gasteiger partial charge is 0.494 e. The van der Waals surface area contributed by atoms with E-state index in [4.69, 9.17) is 21.6 Å². The van der Waals surface area contributed by atoms with E-state index in [9.17, 15) is 14.9 Å². The minimum absolute atomic E-state index is 0.0160. The summed E-state index contributed by atoms with van der Waals surface area (Å²) < 4.78 is 5.04. The topological polar surface area (TPSA) is 161 Å². The Morgan fingerprint density at radius 2 is 2.17 bits per heavy atom. The maximum Gasteiger partial charge on any atom is 0.306 e. The van der Waals surface area contributed by atoms with Crippen LogP contribution in [0.15, 0.2) is 24.3 Å². The van der Waals surface area contributed by atoms with E-state index < -0.39 is 17.0 Å². The van der Waals surface area contributed by atoms with Gasteiger partial charge < -0.3 is 21.5 Å². The molecule has 0 spiro atoms. The van der Waals surface area contributed by atoms with Gasteiger partial charge in [-0.1, -0.05) is 12.1 Å². The van der Waals surface area contributed by atoms with E-state index >= 15 is 0 Å². The van der Waals surface area contributed by atoms with Crippen LogP contribution in [0, 0.1) is 15.5 Å². The van der Waals surface area contributed by atoms with Gasteiger partial charge in [-0.25, -0.2) is 10.1 Å². The van der Waals surface area contributed by atoms with E-state index in [0.29, 0.717) is 18.0 Å². The lowest BCUT2D eigenvalue weighted by Gasteiger charge is -2.18. The molecule has 0 fully saturated rings. The standard InChI is InChI=1S/C13H20N6O4/c1-23-11-7-3-2-6-10(11)18(19(21)22)12(20)9(14)5-4-8-17-13(15)16/h2-3,6-7,9H,4-5,8,14H2,1H3,(H4,15,16,17)/t9-/m0/s1. The molecule has 6 N–H and O–H groups in total. The van der Waals surface area contributed by atoms with Gasteiger partial charge >= 0.3 is 5.91 Å². The number of nitrogens with one attached hydrogen (secondary N) is 2. The molecule has 0 bridgehead atoms. The average molecular weight is 324 g/mol. The highest BCUT2D eigenvalue weighted by Gasteiger charge is 2.33. The first-order valence-corrected chi connectivity index (χ1v) is 6.83. The number of ether oxygens (including phenoxy) is 1. The van der Waals surface area contributed by atoms with Crippen molar-refractivity contribution in [1.82, 2.24) is 5.32 Å². The number of nitrogens with two attached hydrogens (primary N) is 2. The van der Waals surface area contributed by atoms with Gasteiger partial charge in [0.25, 0.3) is 0 Å². The van der Waals surface area contributed by atoms with E-state index in [-0.39, 0.29) is 23.8 Å². The van der Waals surface area contributed by atoms with E-state index in [1.54, 1.807) is 12.1 Å². The van der Waals surface area contributed by atoms with Crippen LogP contribution in [0.2, 0.25) is 0 Å². The molecule has 0 heterocycles. The fraction of sp³-hybridized carbons (Fsp3) is 0.385. The Labute approximate surface area is 133 Å². The van der Waals surface area contributed by atoms with Crippen molar-refractivity contribution in [1.29, 1.82) is 5.41 Å². The first-order valence-electron chi connectivity index (χ1n) is 6.83. The molecule has 10 nitrogen and oxygen atoms in total. The zero-order chi connectivity index (χ0) is 17.4. The molecule has 0 aliphatic rings. The zero-order valence-corrected chi connectivity index (χ0v) is 12.7. The number of hydrogen-bond donors (Lipinski definition) is 4. The Kier molecular flexibility index (Phi) is 6.74. The predicted octanol–water partition coefficient (Wildman–Crippen LogP) is -0.190. The maximum atomic E-state index is 12.3. The van der Waals surface area contributed by atoms with Gasteiger partial charge in [0.2, 0.25) is 0 Å². The Bertz CT molecular complexity index is 579. The second-order valence-corrected chi connectivity index (χ2v) is 4.65. The summed E-state index contributed by atoms with van der Waals surface area (Å²) in [5, 5.41) is 20.4. The summed E-state index contributed by atoms with van der Waals surface area (Å²) in [6, 6.07) is 5.06. The number of amides is 1. The molecule has 1 amide bonds. The quantitative estimate of drug-likeness (QED) is 0.169. The molecular formula is C13H20N6O4. The number of benzene rings is 1. The molecule has 0 saturated heterocycles. The van der Waals surface area contributed by atoms with Crippen molar-refractivity contribution in [2.24, 2.45) is 11.5 Å². The Balaban J connectivity index is 2.82. The molecule has 1 atom stereocenters. The van der Waals surface area contributed by atoms with Crippen molar-refractivity contribution in [3.63, 3.8) is 0 Å². The number of nitro groups is 1. The Hall–Kier alpha value is -2.88. The molecule has 1 aromatic rings. The van der Waals surface area contributed by atoms with Crippen molar-refractivity contribution in [3.8, 4) is 5.75 Å². The van der Waals surface area contributed by atoms with Crippen molar-refractivity contribution < 1.29 is 14.6 Å². The van der Waals surface area contributed by atoms with Gasteiger partial charge in [-0.05, 0) is 30.0 Å². The molecule has 0 aliphatic heterocycles. The van der Waals surface area contributed by atoms with Crippen molar-refractivity contribution in [2.75, 3.05) is 18.7 Å². The second kappa shape index (κ2) is 8.54. The molecule has 0 aromatic heterocycles. The smallest absolute Gasteiger partial charge is 0.306 e. The zero-order valence-electron chi connectivity index (χ0n) is 12.7. The Morgan fingerprint density at radius 1 is 1.52 bits per heavy atom. The number of hydrazine groups is 1. The van der Waals surface area contributed by atoms with Gasteiger partial charge in [0.1, 0.15) is 5.75 Å². The molecular weight excluding hydrogens is 304 g/mol. The highest BCUT2D eigenvalue weighted by Crippen LogP contribution is 2.28. The molecule has 1 aromatic carbocycles. The average Bonchev–Trinajstić information content (AvgIpc) is 2.51. The minimum Gasteiger partial charge on any atom is -0.494 e. The van der Waals surface area contributed by atoms with Crippen LogP contribution in [0.3, 0.4) is 0 Å². The van der Waals surface area contributed by atoms with Crippen LogP contribution >= 0.6 is 0 Å². The summed E-state index contributed by atoms with van der Waals surface area (Å²) in [6.07, 6.45) is 0.641. The summed E-state index contributed by atoms with van der Waals surface area (Å²) in [5.41, 5.74) is 10.9. The van der Waals surface area contributed by atoms with Gasteiger partial charge in [-0.15, -0.1) is 0 Å². The highest BCUT2D eigenvalue weighted by atomic mass is 16.7. The van der Waals surface area contributed by atoms with Crippen LogP contribution in [-0.2, 0) is 4.79 Å². The number of hydrogen-bond acceptors (Lipinski definition) is 6. The number of guanidine groups is 1. The number of rotatable bonds is 8. The monoisotopic (exact) mass is 324 g/mol. The summed E-state index contributed by atoms with van der Waals surface area (Å²) in [7, 11) is 1.36. The van der Waals surface area contributed by atoms with E-state index in [0.717, 1.165) is 0 Å². The summed E-state index contributed by atoms with van der Waals surface area (Å²) in [6.45, 7) is 0.351. The van der Waals surface area contributed by atoms with Gasteiger partial charge in [0, 0.05) is 6.54 Å². The maximum absolute atomic E-state index is 12.3. The third-order valence-corrected chi connectivity index (χ3v) is 3.01. The molecule has 1 rings (SSSR count). The van der Waals surface area contributed by atoms with Crippen LogP contribution in [0.1, 0.15) is 12.8 Å². The summed E-state index contributed by atoms with van der Waals surface area (Å²) >= 11 is 0. The number of methoxy groups -OCH3 is 1. The number of carbonyl (C=O) groups is 1. The third-order valence-electron chi connectivity index (χ3n) is 3.01. The highest BCUT2D eigenvalue weighted by molar-refractivity contribution is 5.96. The normalized spacial score (nSPS) is 11.4.